The Kier molecular flexibility index (Phi) is 3.91. The Morgan fingerprint density at radius 2 is 1.45 bits per heavy atom. The van der Waals surface area contributed by atoms with E-state index in [1.165, 1.54) is 11.1 Å². The molecule has 0 saturated carbocycles. The van der Waals surface area contributed by atoms with Crippen molar-refractivity contribution in [2.75, 3.05) is 5.73 Å². The fraction of sp³-hybridized carbons (Fsp3) is 0.625. The van der Waals surface area contributed by atoms with Crippen LogP contribution in [-0.4, -0.2) is 18.3 Å². The third kappa shape index (κ3) is 2.36. The Balaban J connectivity index is 2.45. The third-order valence-electron chi connectivity index (χ3n) is 4.72. The molecule has 0 spiro atoms. The largest absolute Gasteiger partial charge is 0.495 e. The van der Waals surface area contributed by atoms with Crippen molar-refractivity contribution in [1.82, 2.24) is 0 Å². The molecule has 3 nitrogen and oxygen atoms in total. The van der Waals surface area contributed by atoms with Gasteiger partial charge in [-0.05, 0) is 63.2 Å². The van der Waals surface area contributed by atoms with Gasteiger partial charge in [-0.1, -0.05) is 19.9 Å². The van der Waals surface area contributed by atoms with E-state index in [2.05, 4.69) is 47.6 Å². The fourth-order valence-corrected chi connectivity index (χ4v) is 2.76. The number of nitrogen functional groups attached to an aromatic ring is 1. The number of benzene rings is 1. The Bertz CT molecular complexity index is 495. The Hall–Kier alpha value is -0.995. The highest BCUT2D eigenvalue weighted by Gasteiger charge is 2.52. The number of hydrogen-bond donors (Lipinski definition) is 1. The van der Waals surface area contributed by atoms with E-state index in [1.54, 1.807) is 0 Å². The van der Waals surface area contributed by atoms with Crippen LogP contribution in [0.4, 0.5) is 5.69 Å². The molecule has 0 atom stereocenters. The van der Waals surface area contributed by atoms with Gasteiger partial charge in [0.15, 0.2) is 0 Å². The lowest BCUT2D eigenvalue weighted by Gasteiger charge is -2.32. The van der Waals surface area contributed by atoms with Crippen LogP contribution in [0.15, 0.2) is 12.1 Å². The molecule has 2 N–H and O–H groups in total. The van der Waals surface area contributed by atoms with Crippen LogP contribution >= 0.6 is 0 Å². The lowest BCUT2D eigenvalue weighted by atomic mass is 9.73. The van der Waals surface area contributed by atoms with Crippen molar-refractivity contribution in [3.63, 3.8) is 0 Å². The van der Waals surface area contributed by atoms with E-state index in [0.717, 1.165) is 24.0 Å². The summed E-state index contributed by atoms with van der Waals surface area (Å²) in [5.74, 6) is 0. The van der Waals surface area contributed by atoms with Gasteiger partial charge in [0.05, 0.1) is 11.2 Å². The molecule has 110 valence electrons. The van der Waals surface area contributed by atoms with E-state index in [1.807, 2.05) is 6.07 Å². The highest BCUT2D eigenvalue weighted by atomic mass is 16.7. The van der Waals surface area contributed by atoms with Gasteiger partial charge in [0, 0.05) is 5.69 Å². The van der Waals surface area contributed by atoms with Crippen molar-refractivity contribution in [2.45, 2.75) is 65.6 Å². The third-order valence-corrected chi connectivity index (χ3v) is 4.72. The Labute approximate surface area is 123 Å². The lowest BCUT2D eigenvalue weighted by Crippen LogP contribution is -2.41. The topological polar surface area (TPSA) is 44.5 Å². The van der Waals surface area contributed by atoms with E-state index >= 15 is 0 Å². The molecular formula is C16H26BNO2. The summed E-state index contributed by atoms with van der Waals surface area (Å²) in [4.78, 5) is 0. The predicted octanol–water partition coefficient (Wildman–Crippen LogP) is 2.69. The van der Waals surface area contributed by atoms with Gasteiger partial charge in [0.1, 0.15) is 0 Å². The first-order valence-electron chi connectivity index (χ1n) is 7.49. The average molecular weight is 275 g/mol. The number of nitrogens with two attached hydrogens (primary N) is 1. The van der Waals surface area contributed by atoms with Crippen molar-refractivity contribution in [1.29, 1.82) is 0 Å². The minimum Gasteiger partial charge on any atom is -0.399 e. The predicted molar refractivity (Wildman–Crippen MR) is 85.3 cm³/mol. The second kappa shape index (κ2) is 5.08. The van der Waals surface area contributed by atoms with Crippen LogP contribution in [0, 0.1) is 0 Å². The zero-order valence-corrected chi connectivity index (χ0v) is 13.5. The lowest BCUT2D eigenvalue weighted by molar-refractivity contribution is 0.00578. The van der Waals surface area contributed by atoms with E-state index in [9.17, 15) is 0 Å². The van der Waals surface area contributed by atoms with Crippen LogP contribution in [0.25, 0.3) is 0 Å². The smallest absolute Gasteiger partial charge is 0.399 e. The normalized spacial score (nSPS) is 20.4. The Morgan fingerprint density at radius 1 is 0.950 bits per heavy atom. The van der Waals surface area contributed by atoms with Gasteiger partial charge in [-0.2, -0.15) is 0 Å². The SMILES string of the molecule is CCc1c(N)ccc(B2OC(C)(C)C(C)(C)O2)c1CC. The molecule has 0 aromatic heterocycles. The summed E-state index contributed by atoms with van der Waals surface area (Å²) in [5.41, 5.74) is 9.96. The van der Waals surface area contributed by atoms with Gasteiger partial charge in [-0.25, -0.2) is 0 Å². The molecular weight excluding hydrogens is 249 g/mol. The highest BCUT2D eigenvalue weighted by molar-refractivity contribution is 6.62. The molecule has 1 aliphatic heterocycles. The summed E-state index contributed by atoms with van der Waals surface area (Å²) in [6, 6.07) is 4.02. The van der Waals surface area contributed by atoms with Crippen molar-refractivity contribution < 1.29 is 9.31 Å². The summed E-state index contributed by atoms with van der Waals surface area (Å²) < 4.78 is 12.3. The van der Waals surface area contributed by atoms with Crippen molar-refractivity contribution in [3.8, 4) is 0 Å². The monoisotopic (exact) mass is 275 g/mol. The highest BCUT2D eigenvalue weighted by Crippen LogP contribution is 2.37. The van der Waals surface area contributed by atoms with Gasteiger partial charge >= 0.3 is 7.12 Å². The first-order valence-corrected chi connectivity index (χ1v) is 7.49. The van der Waals surface area contributed by atoms with E-state index in [4.69, 9.17) is 15.0 Å². The van der Waals surface area contributed by atoms with Gasteiger partial charge in [0.2, 0.25) is 0 Å². The maximum Gasteiger partial charge on any atom is 0.495 e. The standard InChI is InChI=1S/C16H26BNO2/c1-7-11-12(8-2)14(18)10-9-13(11)17-19-15(3,4)16(5,6)20-17/h9-10H,7-8,18H2,1-6H3. The van der Waals surface area contributed by atoms with Gasteiger partial charge in [0.25, 0.3) is 0 Å². The number of rotatable bonds is 3. The number of hydrogen-bond acceptors (Lipinski definition) is 3. The summed E-state index contributed by atoms with van der Waals surface area (Å²) in [6.07, 6.45) is 1.87. The van der Waals surface area contributed by atoms with Gasteiger partial charge < -0.3 is 15.0 Å². The van der Waals surface area contributed by atoms with Crippen molar-refractivity contribution in [3.05, 3.63) is 23.3 Å². The molecule has 1 heterocycles. The molecule has 4 heteroatoms. The van der Waals surface area contributed by atoms with E-state index < -0.39 is 0 Å². The minimum atomic E-state index is -0.309. The van der Waals surface area contributed by atoms with Gasteiger partial charge in [-0.15, -0.1) is 0 Å². The summed E-state index contributed by atoms with van der Waals surface area (Å²) in [7, 11) is -0.305. The van der Waals surface area contributed by atoms with Gasteiger partial charge in [-0.3, -0.25) is 0 Å². The summed E-state index contributed by atoms with van der Waals surface area (Å²) >= 11 is 0. The van der Waals surface area contributed by atoms with Crippen LogP contribution < -0.4 is 11.2 Å². The fourth-order valence-electron chi connectivity index (χ4n) is 2.76. The molecule has 1 aromatic carbocycles. The van der Waals surface area contributed by atoms with Crippen LogP contribution in [0.1, 0.15) is 52.7 Å². The molecule has 0 radical (unpaired) electrons. The Morgan fingerprint density at radius 3 is 1.90 bits per heavy atom. The van der Waals surface area contributed by atoms with Crippen LogP contribution in [-0.2, 0) is 22.2 Å². The quantitative estimate of drug-likeness (QED) is 0.681. The molecule has 1 aromatic rings. The summed E-state index contributed by atoms with van der Waals surface area (Å²) in [6.45, 7) is 12.6. The van der Waals surface area contributed by atoms with Crippen LogP contribution in [0.5, 0.6) is 0 Å². The molecule has 1 fully saturated rings. The van der Waals surface area contributed by atoms with E-state index in [-0.39, 0.29) is 18.3 Å². The maximum atomic E-state index is 6.17. The molecule has 2 rings (SSSR count). The van der Waals surface area contributed by atoms with Crippen LogP contribution in [0.3, 0.4) is 0 Å². The van der Waals surface area contributed by atoms with Crippen molar-refractivity contribution in [2.24, 2.45) is 0 Å². The maximum absolute atomic E-state index is 6.17. The van der Waals surface area contributed by atoms with Crippen molar-refractivity contribution >= 4 is 18.3 Å². The summed E-state index contributed by atoms with van der Waals surface area (Å²) in [5, 5.41) is 0. The molecule has 20 heavy (non-hydrogen) atoms. The molecule has 0 unspecified atom stereocenters. The number of anilines is 1. The second-order valence-corrected chi connectivity index (χ2v) is 6.50. The first kappa shape index (κ1) is 15.4. The van der Waals surface area contributed by atoms with E-state index in [0.29, 0.717) is 0 Å². The average Bonchev–Trinajstić information content (AvgIpc) is 2.57. The zero-order valence-electron chi connectivity index (χ0n) is 13.5. The zero-order chi connectivity index (χ0) is 15.1. The molecule has 1 aliphatic rings. The molecule has 0 bridgehead atoms. The first-order chi connectivity index (χ1) is 9.23. The molecule has 1 saturated heterocycles. The second-order valence-electron chi connectivity index (χ2n) is 6.50. The molecule has 0 amide bonds. The van der Waals surface area contributed by atoms with Crippen LogP contribution in [0.2, 0.25) is 0 Å². The minimum absolute atomic E-state index is 0.305. The molecule has 0 aliphatic carbocycles.